The van der Waals surface area contributed by atoms with Gasteiger partial charge in [-0.25, -0.2) is 4.68 Å². The van der Waals surface area contributed by atoms with Gasteiger partial charge in [0.1, 0.15) is 5.75 Å². The van der Waals surface area contributed by atoms with Gasteiger partial charge in [0.2, 0.25) is 4.80 Å². The van der Waals surface area contributed by atoms with E-state index in [4.69, 9.17) is 14.6 Å². The van der Waals surface area contributed by atoms with Crippen molar-refractivity contribution < 1.29 is 9.47 Å². The van der Waals surface area contributed by atoms with E-state index in [1.165, 1.54) is 0 Å². The summed E-state index contributed by atoms with van der Waals surface area (Å²) in [5.74, 6) is 0.859. The van der Waals surface area contributed by atoms with Gasteiger partial charge in [0.05, 0.1) is 31.7 Å². The fourth-order valence-corrected chi connectivity index (χ4v) is 3.36. The molecule has 3 rings (SSSR count). The summed E-state index contributed by atoms with van der Waals surface area (Å²) in [4.78, 5) is 5.46. The van der Waals surface area contributed by atoms with Gasteiger partial charge in [0.15, 0.2) is 0 Å². The Balaban J connectivity index is 1.93. The lowest BCUT2D eigenvalue weighted by Gasteiger charge is -2.04. The molecule has 1 heterocycles. The monoisotopic (exact) mass is 381 g/mol. The van der Waals surface area contributed by atoms with E-state index in [2.05, 4.69) is 22.5 Å². The predicted molar refractivity (Wildman–Crippen MR) is 111 cm³/mol. The first-order valence-corrected chi connectivity index (χ1v) is 9.72. The number of methoxy groups -OCH3 is 1. The van der Waals surface area contributed by atoms with Gasteiger partial charge in [-0.15, -0.1) is 11.3 Å². The van der Waals surface area contributed by atoms with E-state index in [1.54, 1.807) is 18.4 Å². The first-order chi connectivity index (χ1) is 13.3. The Morgan fingerprint density at radius 2 is 1.85 bits per heavy atom. The molecule has 140 valence electrons. The van der Waals surface area contributed by atoms with E-state index in [-0.39, 0.29) is 0 Å². The van der Waals surface area contributed by atoms with Crippen LogP contribution in [0.15, 0.2) is 70.1 Å². The molecular formula is C21H23N3O2S. The SMILES string of the molecule is CCOc1ccc(C=Nn2c(-c3ccccc3)csc2=NCCOC)cc1. The molecule has 0 spiro atoms. The Morgan fingerprint density at radius 1 is 1.07 bits per heavy atom. The number of aromatic nitrogens is 1. The van der Waals surface area contributed by atoms with Gasteiger partial charge in [0, 0.05) is 18.1 Å². The minimum absolute atomic E-state index is 0.584. The first kappa shape index (κ1) is 19.1. The zero-order chi connectivity index (χ0) is 18.9. The maximum atomic E-state index is 5.49. The summed E-state index contributed by atoms with van der Waals surface area (Å²) in [6.07, 6.45) is 1.84. The van der Waals surface area contributed by atoms with Crippen molar-refractivity contribution in [2.75, 3.05) is 26.9 Å². The van der Waals surface area contributed by atoms with Crippen LogP contribution in [0.25, 0.3) is 11.3 Å². The molecule has 0 N–H and O–H groups in total. The summed E-state index contributed by atoms with van der Waals surface area (Å²) in [5, 5.41) is 6.77. The molecule has 1 aromatic heterocycles. The Kier molecular flexibility index (Phi) is 6.96. The summed E-state index contributed by atoms with van der Waals surface area (Å²) in [5.41, 5.74) is 3.11. The molecule has 0 saturated heterocycles. The van der Waals surface area contributed by atoms with Crippen molar-refractivity contribution in [1.82, 2.24) is 4.68 Å². The molecular weight excluding hydrogens is 358 g/mol. The number of ether oxygens (including phenoxy) is 2. The van der Waals surface area contributed by atoms with Crippen molar-refractivity contribution >= 4 is 17.6 Å². The number of hydrogen-bond donors (Lipinski definition) is 0. The molecule has 0 atom stereocenters. The quantitative estimate of drug-likeness (QED) is 0.437. The molecule has 27 heavy (non-hydrogen) atoms. The second kappa shape index (κ2) is 9.85. The van der Waals surface area contributed by atoms with Gasteiger partial charge in [-0.1, -0.05) is 30.3 Å². The van der Waals surface area contributed by atoms with Crippen LogP contribution in [-0.2, 0) is 4.74 Å². The van der Waals surface area contributed by atoms with Crippen molar-refractivity contribution in [3.05, 3.63) is 70.3 Å². The lowest BCUT2D eigenvalue weighted by atomic mass is 10.2. The summed E-state index contributed by atoms with van der Waals surface area (Å²) < 4.78 is 12.5. The Labute approximate surface area is 163 Å². The van der Waals surface area contributed by atoms with Crippen LogP contribution in [0.2, 0.25) is 0 Å². The molecule has 0 bridgehead atoms. The van der Waals surface area contributed by atoms with Crippen molar-refractivity contribution in [2.45, 2.75) is 6.92 Å². The average Bonchev–Trinajstić information content (AvgIpc) is 3.11. The molecule has 0 unspecified atom stereocenters. The maximum absolute atomic E-state index is 5.49. The topological polar surface area (TPSA) is 48.1 Å². The van der Waals surface area contributed by atoms with E-state index in [0.717, 1.165) is 27.4 Å². The van der Waals surface area contributed by atoms with Crippen molar-refractivity contribution in [1.29, 1.82) is 0 Å². The van der Waals surface area contributed by atoms with E-state index in [9.17, 15) is 0 Å². The van der Waals surface area contributed by atoms with Gasteiger partial charge >= 0.3 is 0 Å². The molecule has 6 heteroatoms. The number of hydrogen-bond acceptors (Lipinski definition) is 5. The van der Waals surface area contributed by atoms with Crippen LogP contribution < -0.4 is 9.54 Å². The highest BCUT2D eigenvalue weighted by Crippen LogP contribution is 2.19. The zero-order valence-electron chi connectivity index (χ0n) is 15.5. The van der Waals surface area contributed by atoms with E-state index in [1.807, 2.05) is 60.3 Å². The highest BCUT2D eigenvalue weighted by atomic mass is 32.1. The third kappa shape index (κ3) is 5.15. The van der Waals surface area contributed by atoms with Crippen LogP contribution in [0, 0.1) is 0 Å². The number of benzene rings is 2. The predicted octanol–water partition coefficient (Wildman–Crippen LogP) is 4.04. The van der Waals surface area contributed by atoms with Gasteiger partial charge in [0.25, 0.3) is 0 Å². The Morgan fingerprint density at radius 3 is 2.56 bits per heavy atom. The summed E-state index contributed by atoms with van der Waals surface area (Å²) in [6.45, 7) is 3.82. The van der Waals surface area contributed by atoms with Crippen molar-refractivity contribution in [2.24, 2.45) is 10.1 Å². The lowest BCUT2D eigenvalue weighted by Crippen LogP contribution is -2.13. The molecule has 2 aromatic carbocycles. The zero-order valence-corrected chi connectivity index (χ0v) is 16.4. The van der Waals surface area contributed by atoms with Gasteiger partial charge in [-0.05, 0) is 36.8 Å². The highest BCUT2D eigenvalue weighted by Gasteiger charge is 2.06. The third-order valence-electron chi connectivity index (χ3n) is 3.81. The lowest BCUT2D eigenvalue weighted by molar-refractivity contribution is 0.207. The van der Waals surface area contributed by atoms with Crippen LogP contribution in [0.3, 0.4) is 0 Å². The van der Waals surface area contributed by atoms with Crippen LogP contribution >= 0.6 is 11.3 Å². The minimum Gasteiger partial charge on any atom is -0.494 e. The van der Waals surface area contributed by atoms with Crippen LogP contribution in [0.5, 0.6) is 5.75 Å². The Hall–Kier alpha value is -2.70. The average molecular weight is 382 g/mol. The van der Waals surface area contributed by atoms with Crippen LogP contribution in [0.1, 0.15) is 12.5 Å². The van der Waals surface area contributed by atoms with Gasteiger partial charge in [-0.2, -0.15) is 5.10 Å². The van der Waals surface area contributed by atoms with Crippen molar-refractivity contribution in [3.63, 3.8) is 0 Å². The third-order valence-corrected chi connectivity index (χ3v) is 4.66. The molecule has 0 aliphatic carbocycles. The Bertz CT molecular complexity index is 928. The largest absolute Gasteiger partial charge is 0.494 e. The number of thiazole rings is 1. The molecule has 0 amide bonds. The van der Waals surface area contributed by atoms with Gasteiger partial charge < -0.3 is 9.47 Å². The second-order valence-corrected chi connectivity index (χ2v) is 6.54. The smallest absolute Gasteiger partial charge is 0.206 e. The standard InChI is InChI=1S/C21H23N3O2S/c1-3-26-19-11-9-17(10-12-19)15-23-24-20(18-7-5-4-6-8-18)16-27-21(24)22-13-14-25-2/h4-12,15-16H,3,13-14H2,1-2H3. The molecule has 0 radical (unpaired) electrons. The second-order valence-electron chi connectivity index (χ2n) is 5.70. The van der Waals surface area contributed by atoms with E-state index < -0.39 is 0 Å². The molecule has 0 saturated carbocycles. The molecule has 0 aliphatic heterocycles. The number of nitrogens with zero attached hydrogens (tertiary/aromatic N) is 3. The van der Waals surface area contributed by atoms with E-state index >= 15 is 0 Å². The number of rotatable bonds is 8. The fourth-order valence-electron chi connectivity index (χ4n) is 2.50. The minimum atomic E-state index is 0.584. The summed E-state index contributed by atoms with van der Waals surface area (Å²) >= 11 is 1.57. The fraction of sp³-hybridized carbons (Fsp3) is 0.238. The molecule has 0 fully saturated rings. The summed E-state index contributed by atoms with van der Waals surface area (Å²) in [6, 6.07) is 18.1. The van der Waals surface area contributed by atoms with E-state index in [0.29, 0.717) is 19.8 Å². The maximum Gasteiger partial charge on any atom is 0.206 e. The summed E-state index contributed by atoms with van der Waals surface area (Å²) in [7, 11) is 1.68. The normalized spacial score (nSPS) is 12.0. The van der Waals surface area contributed by atoms with Crippen LogP contribution in [0.4, 0.5) is 0 Å². The molecule has 3 aromatic rings. The van der Waals surface area contributed by atoms with Crippen molar-refractivity contribution in [3.8, 4) is 17.0 Å². The van der Waals surface area contributed by atoms with Crippen LogP contribution in [-0.4, -0.2) is 37.8 Å². The van der Waals surface area contributed by atoms with Gasteiger partial charge in [-0.3, -0.25) is 4.99 Å². The highest BCUT2D eigenvalue weighted by molar-refractivity contribution is 7.07. The molecule has 0 aliphatic rings. The first-order valence-electron chi connectivity index (χ1n) is 8.84. The molecule has 5 nitrogen and oxygen atoms in total.